The van der Waals surface area contributed by atoms with E-state index in [0.29, 0.717) is 12.2 Å². The molecule has 3 rings (SSSR count). The molecule has 0 aliphatic carbocycles. The fraction of sp³-hybridized carbons (Fsp3) is 0.250. The molecule has 0 spiro atoms. The molecule has 1 amide bonds. The fourth-order valence-corrected chi connectivity index (χ4v) is 3.11. The molecule has 0 bridgehead atoms. The molecule has 1 aromatic carbocycles. The number of carbonyl (C=O) groups excluding carboxylic acids is 1. The summed E-state index contributed by atoms with van der Waals surface area (Å²) in [7, 11) is 0. The minimum Gasteiger partial charge on any atom is -0.347 e. The van der Waals surface area contributed by atoms with Crippen molar-refractivity contribution in [3.05, 3.63) is 58.6 Å². The van der Waals surface area contributed by atoms with Crippen molar-refractivity contribution in [2.24, 2.45) is 0 Å². The predicted molar refractivity (Wildman–Crippen MR) is 88.6 cm³/mol. The average Bonchev–Trinajstić information content (AvgIpc) is 3.25. The van der Waals surface area contributed by atoms with Crippen molar-refractivity contribution in [2.45, 2.75) is 26.3 Å². The van der Waals surface area contributed by atoms with E-state index in [4.69, 9.17) is 0 Å². The Morgan fingerprint density at radius 1 is 1.35 bits per heavy atom. The number of aryl methyl sites for hydroxylation is 1. The van der Waals surface area contributed by atoms with Crippen molar-refractivity contribution >= 4 is 17.2 Å². The Labute approximate surface area is 138 Å². The van der Waals surface area contributed by atoms with Gasteiger partial charge in [0.25, 0.3) is 5.91 Å². The molecule has 0 aliphatic heterocycles. The normalized spacial score (nSPS) is 10.7. The lowest BCUT2D eigenvalue weighted by molar-refractivity contribution is 0.0946. The lowest BCUT2D eigenvalue weighted by atomic mass is 10.2. The molecular formula is C16H17N5OS. The highest BCUT2D eigenvalue weighted by Gasteiger charge is 2.11. The molecular weight excluding hydrogens is 310 g/mol. The van der Waals surface area contributed by atoms with Gasteiger partial charge in [0.15, 0.2) is 0 Å². The van der Waals surface area contributed by atoms with Gasteiger partial charge in [-0.2, -0.15) is 5.10 Å². The summed E-state index contributed by atoms with van der Waals surface area (Å²) in [6.45, 7) is 2.51. The minimum atomic E-state index is -0.156. The number of para-hydroxylation sites is 1. The topological polar surface area (TPSA) is 72.7 Å². The van der Waals surface area contributed by atoms with Crippen LogP contribution in [0.3, 0.4) is 0 Å². The van der Waals surface area contributed by atoms with E-state index in [1.165, 1.54) is 17.7 Å². The number of thiazole rings is 1. The van der Waals surface area contributed by atoms with E-state index in [1.807, 2.05) is 29.6 Å². The van der Waals surface area contributed by atoms with Gasteiger partial charge in [-0.25, -0.2) is 14.6 Å². The van der Waals surface area contributed by atoms with Crippen molar-refractivity contribution in [1.29, 1.82) is 0 Å². The van der Waals surface area contributed by atoms with Gasteiger partial charge in [0, 0.05) is 11.9 Å². The summed E-state index contributed by atoms with van der Waals surface area (Å²) in [5.41, 5.74) is 2.35. The van der Waals surface area contributed by atoms with E-state index >= 15 is 0 Å². The van der Waals surface area contributed by atoms with Gasteiger partial charge in [-0.15, -0.1) is 11.3 Å². The summed E-state index contributed by atoms with van der Waals surface area (Å²) in [5.74, 6) is -0.156. The standard InChI is InChI=1S/C16H17N5OS/c1-2-5-15-20-13(9-23-15)16(22)18-8-12-6-3-4-7-14(12)21-11-17-10-19-21/h3-4,6-7,9-11H,2,5,8H2,1H3,(H,18,22). The summed E-state index contributed by atoms with van der Waals surface area (Å²) >= 11 is 1.53. The number of hydrogen-bond acceptors (Lipinski definition) is 5. The molecule has 3 aromatic rings. The first-order valence-corrected chi connectivity index (χ1v) is 8.31. The van der Waals surface area contributed by atoms with Gasteiger partial charge in [-0.3, -0.25) is 4.79 Å². The third-order valence-electron chi connectivity index (χ3n) is 3.34. The maximum Gasteiger partial charge on any atom is 0.271 e. The van der Waals surface area contributed by atoms with Crippen LogP contribution in [0, 0.1) is 0 Å². The van der Waals surface area contributed by atoms with Gasteiger partial charge >= 0.3 is 0 Å². The number of amides is 1. The van der Waals surface area contributed by atoms with Gasteiger partial charge in [0.2, 0.25) is 0 Å². The van der Waals surface area contributed by atoms with E-state index in [-0.39, 0.29) is 5.91 Å². The summed E-state index contributed by atoms with van der Waals surface area (Å²) in [6, 6.07) is 7.77. The SMILES string of the molecule is CCCc1nc(C(=O)NCc2ccccc2-n2cncn2)cs1. The van der Waals surface area contributed by atoms with Crippen molar-refractivity contribution in [3.8, 4) is 5.69 Å². The van der Waals surface area contributed by atoms with Crippen molar-refractivity contribution in [1.82, 2.24) is 25.1 Å². The second-order valence-corrected chi connectivity index (χ2v) is 5.97. The van der Waals surface area contributed by atoms with Gasteiger partial charge < -0.3 is 5.32 Å². The fourth-order valence-electron chi connectivity index (χ4n) is 2.23. The summed E-state index contributed by atoms with van der Waals surface area (Å²) in [6.07, 6.45) is 5.06. The number of hydrogen-bond donors (Lipinski definition) is 1. The first kappa shape index (κ1) is 15.4. The molecule has 0 radical (unpaired) electrons. The largest absolute Gasteiger partial charge is 0.347 e. The monoisotopic (exact) mass is 327 g/mol. The highest BCUT2D eigenvalue weighted by molar-refractivity contribution is 7.09. The zero-order valence-electron chi connectivity index (χ0n) is 12.8. The Morgan fingerprint density at radius 3 is 3.00 bits per heavy atom. The third kappa shape index (κ3) is 3.62. The average molecular weight is 327 g/mol. The Kier molecular flexibility index (Phi) is 4.77. The molecule has 0 atom stereocenters. The number of nitrogens with zero attached hydrogens (tertiary/aromatic N) is 4. The highest BCUT2D eigenvalue weighted by Crippen LogP contribution is 2.14. The second-order valence-electron chi connectivity index (χ2n) is 5.03. The van der Waals surface area contributed by atoms with Crippen LogP contribution in [0.2, 0.25) is 0 Å². The third-order valence-corrected chi connectivity index (χ3v) is 4.25. The van der Waals surface area contributed by atoms with Crippen LogP contribution < -0.4 is 5.32 Å². The minimum absolute atomic E-state index is 0.156. The number of aromatic nitrogens is 4. The van der Waals surface area contributed by atoms with E-state index in [9.17, 15) is 4.79 Å². The summed E-state index contributed by atoms with van der Waals surface area (Å²) in [5, 5.41) is 9.86. The van der Waals surface area contributed by atoms with Crippen LogP contribution in [-0.4, -0.2) is 25.7 Å². The van der Waals surface area contributed by atoms with Crippen molar-refractivity contribution < 1.29 is 4.79 Å². The Balaban J connectivity index is 1.69. The Hall–Kier alpha value is -2.54. The lowest BCUT2D eigenvalue weighted by Crippen LogP contribution is -2.24. The lowest BCUT2D eigenvalue weighted by Gasteiger charge is -2.09. The molecule has 2 heterocycles. The van der Waals surface area contributed by atoms with Crippen LogP contribution in [0.25, 0.3) is 5.69 Å². The number of benzene rings is 1. The van der Waals surface area contributed by atoms with Crippen LogP contribution in [0.1, 0.15) is 34.4 Å². The molecule has 6 nitrogen and oxygen atoms in total. The van der Waals surface area contributed by atoms with Gasteiger partial charge in [-0.05, 0) is 24.5 Å². The van der Waals surface area contributed by atoms with Crippen molar-refractivity contribution in [2.75, 3.05) is 0 Å². The molecule has 0 aliphatic rings. The molecule has 118 valence electrons. The van der Waals surface area contributed by atoms with E-state index in [2.05, 4.69) is 27.3 Å². The Bertz CT molecular complexity index is 781. The molecule has 7 heteroatoms. The van der Waals surface area contributed by atoms with Crippen LogP contribution in [0.5, 0.6) is 0 Å². The molecule has 1 N–H and O–H groups in total. The maximum atomic E-state index is 12.2. The van der Waals surface area contributed by atoms with Gasteiger partial charge in [0.1, 0.15) is 18.3 Å². The van der Waals surface area contributed by atoms with E-state index in [1.54, 1.807) is 11.0 Å². The quantitative estimate of drug-likeness (QED) is 0.755. The predicted octanol–water partition coefficient (Wildman–Crippen LogP) is 2.61. The molecule has 2 aromatic heterocycles. The van der Waals surface area contributed by atoms with Gasteiger partial charge in [0.05, 0.1) is 10.7 Å². The van der Waals surface area contributed by atoms with Gasteiger partial charge in [-0.1, -0.05) is 25.1 Å². The zero-order valence-corrected chi connectivity index (χ0v) is 13.6. The van der Waals surface area contributed by atoms with Crippen molar-refractivity contribution in [3.63, 3.8) is 0 Å². The van der Waals surface area contributed by atoms with Crippen LogP contribution in [0.4, 0.5) is 0 Å². The molecule has 0 fully saturated rings. The summed E-state index contributed by atoms with van der Waals surface area (Å²) in [4.78, 5) is 20.6. The molecule has 0 unspecified atom stereocenters. The molecule has 23 heavy (non-hydrogen) atoms. The Morgan fingerprint density at radius 2 is 2.22 bits per heavy atom. The maximum absolute atomic E-state index is 12.2. The molecule has 0 saturated heterocycles. The second kappa shape index (κ2) is 7.15. The van der Waals surface area contributed by atoms with E-state index in [0.717, 1.165) is 29.1 Å². The van der Waals surface area contributed by atoms with E-state index < -0.39 is 0 Å². The number of carbonyl (C=O) groups is 1. The highest BCUT2D eigenvalue weighted by atomic mass is 32.1. The first-order chi connectivity index (χ1) is 11.3. The smallest absolute Gasteiger partial charge is 0.271 e. The van der Waals surface area contributed by atoms with Crippen LogP contribution in [0.15, 0.2) is 42.3 Å². The zero-order chi connectivity index (χ0) is 16.1. The summed E-state index contributed by atoms with van der Waals surface area (Å²) < 4.78 is 1.68. The number of rotatable bonds is 6. The molecule has 0 saturated carbocycles. The number of nitrogens with one attached hydrogen (secondary N) is 1. The van der Waals surface area contributed by atoms with Crippen LogP contribution in [-0.2, 0) is 13.0 Å². The van der Waals surface area contributed by atoms with Crippen LogP contribution >= 0.6 is 11.3 Å². The first-order valence-electron chi connectivity index (χ1n) is 7.43.